The normalized spacial score (nSPS) is 12.9. The Morgan fingerprint density at radius 2 is 2.36 bits per heavy atom. The Bertz CT molecular complexity index is 198. The lowest BCUT2D eigenvalue weighted by atomic mass is 10.1. The number of nitrogens with zero attached hydrogens (tertiary/aromatic N) is 2. The lowest BCUT2D eigenvalue weighted by molar-refractivity contribution is 0.582. The monoisotopic (exact) mass is 151 g/mol. The molecule has 0 bridgehead atoms. The van der Waals surface area contributed by atoms with Crippen LogP contribution in [0, 0.1) is 5.92 Å². The van der Waals surface area contributed by atoms with E-state index in [9.17, 15) is 0 Å². The second kappa shape index (κ2) is 4.03. The molecule has 60 valence electrons. The average molecular weight is 151 g/mol. The first kappa shape index (κ1) is 8.14. The topological polar surface area (TPSA) is 51.8 Å². The van der Waals surface area contributed by atoms with Crippen molar-refractivity contribution < 1.29 is 0 Å². The molecule has 1 aromatic heterocycles. The number of rotatable bonds is 3. The summed E-state index contributed by atoms with van der Waals surface area (Å²) in [4.78, 5) is 8.12. The van der Waals surface area contributed by atoms with Crippen molar-refractivity contribution in [1.82, 2.24) is 9.97 Å². The van der Waals surface area contributed by atoms with Crippen molar-refractivity contribution in [2.75, 3.05) is 6.54 Å². The summed E-state index contributed by atoms with van der Waals surface area (Å²) >= 11 is 0. The molecule has 0 spiro atoms. The first-order valence-corrected chi connectivity index (χ1v) is 3.78. The smallest absolute Gasteiger partial charge is 0.0589 e. The highest BCUT2D eigenvalue weighted by Gasteiger charge is 2.00. The van der Waals surface area contributed by atoms with E-state index in [2.05, 4.69) is 16.9 Å². The second-order valence-corrected chi connectivity index (χ2v) is 2.74. The summed E-state index contributed by atoms with van der Waals surface area (Å²) in [6.07, 6.45) is 6.09. The molecule has 0 amide bonds. The van der Waals surface area contributed by atoms with Gasteiger partial charge in [-0.25, -0.2) is 0 Å². The zero-order valence-corrected chi connectivity index (χ0v) is 6.70. The maximum absolute atomic E-state index is 5.47. The molecular weight excluding hydrogens is 138 g/mol. The first-order chi connectivity index (χ1) is 5.33. The highest BCUT2D eigenvalue weighted by atomic mass is 14.8. The van der Waals surface area contributed by atoms with Crippen LogP contribution in [-0.4, -0.2) is 16.5 Å². The molecule has 1 heterocycles. The Labute approximate surface area is 66.7 Å². The largest absolute Gasteiger partial charge is 0.330 e. The van der Waals surface area contributed by atoms with E-state index in [4.69, 9.17) is 5.73 Å². The van der Waals surface area contributed by atoms with Crippen molar-refractivity contribution in [3.63, 3.8) is 0 Å². The van der Waals surface area contributed by atoms with Gasteiger partial charge in [-0.3, -0.25) is 9.97 Å². The molecule has 1 aromatic rings. The molecular formula is C8H13N3. The first-order valence-electron chi connectivity index (χ1n) is 3.78. The van der Waals surface area contributed by atoms with Crippen LogP contribution in [0.1, 0.15) is 12.6 Å². The van der Waals surface area contributed by atoms with E-state index in [0.717, 1.165) is 12.1 Å². The van der Waals surface area contributed by atoms with Crippen LogP contribution < -0.4 is 5.73 Å². The molecule has 11 heavy (non-hydrogen) atoms. The van der Waals surface area contributed by atoms with Gasteiger partial charge in [0.15, 0.2) is 0 Å². The number of hydrogen-bond donors (Lipinski definition) is 1. The van der Waals surface area contributed by atoms with E-state index in [-0.39, 0.29) is 0 Å². The van der Waals surface area contributed by atoms with Crippen LogP contribution in [0.3, 0.4) is 0 Å². The Morgan fingerprint density at radius 1 is 1.55 bits per heavy atom. The van der Waals surface area contributed by atoms with Crippen LogP contribution in [0.25, 0.3) is 0 Å². The highest BCUT2D eigenvalue weighted by molar-refractivity contribution is 4.95. The second-order valence-electron chi connectivity index (χ2n) is 2.74. The third-order valence-corrected chi connectivity index (χ3v) is 1.58. The van der Waals surface area contributed by atoms with Crippen molar-refractivity contribution in [1.29, 1.82) is 0 Å². The zero-order chi connectivity index (χ0) is 8.10. The van der Waals surface area contributed by atoms with Crippen LogP contribution in [0.5, 0.6) is 0 Å². The standard InChI is InChI=1S/C8H13N3/c1-7(5-9)4-8-6-10-2-3-11-8/h2-3,6-7H,4-5,9H2,1H3. The molecule has 0 aliphatic carbocycles. The average Bonchev–Trinajstić information content (AvgIpc) is 2.06. The Kier molecular flexibility index (Phi) is 2.98. The van der Waals surface area contributed by atoms with Crippen LogP contribution in [-0.2, 0) is 6.42 Å². The quantitative estimate of drug-likeness (QED) is 0.688. The number of hydrogen-bond acceptors (Lipinski definition) is 3. The van der Waals surface area contributed by atoms with E-state index in [0.29, 0.717) is 12.5 Å². The minimum absolute atomic E-state index is 0.492. The van der Waals surface area contributed by atoms with E-state index in [1.807, 2.05) is 0 Å². The molecule has 3 heteroatoms. The minimum Gasteiger partial charge on any atom is -0.330 e. The van der Waals surface area contributed by atoms with Gasteiger partial charge >= 0.3 is 0 Å². The van der Waals surface area contributed by atoms with Gasteiger partial charge in [-0.2, -0.15) is 0 Å². The fraction of sp³-hybridized carbons (Fsp3) is 0.500. The van der Waals surface area contributed by atoms with Gasteiger partial charge in [0.1, 0.15) is 0 Å². The summed E-state index contributed by atoms with van der Waals surface area (Å²) in [5.41, 5.74) is 6.49. The molecule has 0 aliphatic rings. The summed E-state index contributed by atoms with van der Waals surface area (Å²) in [6.45, 7) is 2.81. The zero-order valence-electron chi connectivity index (χ0n) is 6.70. The van der Waals surface area contributed by atoms with Gasteiger partial charge in [0.25, 0.3) is 0 Å². The molecule has 0 saturated carbocycles. The SMILES string of the molecule is CC(CN)Cc1cnccn1. The Balaban J connectivity index is 2.51. The van der Waals surface area contributed by atoms with Crippen molar-refractivity contribution in [2.24, 2.45) is 11.7 Å². The molecule has 0 saturated heterocycles. The van der Waals surface area contributed by atoms with E-state index >= 15 is 0 Å². The van der Waals surface area contributed by atoms with Gasteiger partial charge in [-0.1, -0.05) is 6.92 Å². The van der Waals surface area contributed by atoms with E-state index in [1.54, 1.807) is 18.6 Å². The maximum Gasteiger partial charge on any atom is 0.0589 e. The van der Waals surface area contributed by atoms with Crippen molar-refractivity contribution in [3.8, 4) is 0 Å². The predicted molar refractivity (Wildman–Crippen MR) is 44.0 cm³/mol. The summed E-state index contributed by atoms with van der Waals surface area (Å²) in [7, 11) is 0. The van der Waals surface area contributed by atoms with Gasteiger partial charge in [0, 0.05) is 18.6 Å². The predicted octanol–water partition coefficient (Wildman–Crippen LogP) is 0.614. The molecule has 1 rings (SSSR count). The number of aromatic nitrogens is 2. The van der Waals surface area contributed by atoms with Gasteiger partial charge in [-0.05, 0) is 18.9 Å². The van der Waals surface area contributed by atoms with Crippen molar-refractivity contribution >= 4 is 0 Å². The molecule has 2 N–H and O–H groups in total. The van der Waals surface area contributed by atoms with Crippen LogP contribution in [0.2, 0.25) is 0 Å². The molecule has 1 atom stereocenters. The van der Waals surface area contributed by atoms with E-state index in [1.165, 1.54) is 0 Å². The lowest BCUT2D eigenvalue weighted by Gasteiger charge is -2.05. The molecule has 3 nitrogen and oxygen atoms in total. The summed E-state index contributed by atoms with van der Waals surface area (Å²) in [6, 6.07) is 0. The molecule has 1 unspecified atom stereocenters. The Morgan fingerprint density at radius 3 is 2.91 bits per heavy atom. The highest BCUT2D eigenvalue weighted by Crippen LogP contribution is 2.01. The molecule has 0 fully saturated rings. The third-order valence-electron chi connectivity index (χ3n) is 1.58. The summed E-state index contributed by atoms with van der Waals surface area (Å²) in [5, 5.41) is 0. The summed E-state index contributed by atoms with van der Waals surface area (Å²) in [5.74, 6) is 0.492. The fourth-order valence-electron chi connectivity index (χ4n) is 0.876. The summed E-state index contributed by atoms with van der Waals surface area (Å²) < 4.78 is 0. The van der Waals surface area contributed by atoms with Crippen LogP contribution in [0.15, 0.2) is 18.6 Å². The van der Waals surface area contributed by atoms with Crippen LogP contribution in [0.4, 0.5) is 0 Å². The molecule has 0 aromatic carbocycles. The molecule has 0 aliphatic heterocycles. The lowest BCUT2D eigenvalue weighted by Crippen LogP contribution is -2.13. The van der Waals surface area contributed by atoms with Gasteiger partial charge < -0.3 is 5.73 Å². The van der Waals surface area contributed by atoms with Crippen LogP contribution >= 0.6 is 0 Å². The molecule has 0 radical (unpaired) electrons. The number of nitrogens with two attached hydrogens (primary N) is 1. The maximum atomic E-state index is 5.47. The third kappa shape index (κ3) is 2.63. The van der Waals surface area contributed by atoms with Gasteiger partial charge in [0.2, 0.25) is 0 Å². The van der Waals surface area contributed by atoms with Gasteiger partial charge in [0.05, 0.1) is 5.69 Å². The van der Waals surface area contributed by atoms with Crippen molar-refractivity contribution in [3.05, 3.63) is 24.3 Å². The van der Waals surface area contributed by atoms with E-state index < -0.39 is 0 Å². The minimum atomic E-state index is 0.492. The van der Waals surface area contributed by atoms with Gasteiger partial charge in [-0.15, -0.1) is 0 Å². The fourth-order valence-corrected chi connectivity index (χ4v) is 0.876. The van der Waals surface area contributed by atoms with Crippen molar-refractivity contribution in [2.45, 2.75) is 13.3 Å². The Hall–Kier alpha value is -0.960.